The Morgan fingerprint density at radius 3 is 2.70 bits per heavy atom. The van der Waals surface area contributed by atoms with E-state index in [-0.39, 0.29) is 11.7 Å². The van der Waals surface area contributed by atoms with Gasteiger partial charge in [0.2, 0.25) is 11.9 Å². The van der Waals surface area contributed by atoms with E-state index in [4.69, 9.17) is 5.73 Å². The van der Waals surface area contributed by atoms with Crippen LogP contribution in [0.25, 0.3) is 5.69 Å². The average molecular weight is 383 g/mol. The molecule has 0 unspecified atom stereocenters. The van der Waals surface area contributed by atoms with E-state index >= 15 is 0 Å². The molecule has 0 radical (unpaired) electrons. The van der Waals surface area contributed by atoms with Gasteiger partial charge in [-0.25, -0.2) is 4.68 Å². The zero-order chi connectivity index (χ0) is 19.0. The van der Waals surface area contributed by atoms with Gasteiger partial charge >= 0.3 is 0 Å². The first-order valence-corrected chi connectivity index (χ1v) is 9.78. The number of benzene rings is 1. The molecule has 1 saturated carbocycles. The summed E-state index contributed by atoms with van der Waals surface area (Å²) >= 11 is 1.35. The number of rotatable bonds is 6. The zero-order valence-corrected chi connectivity index (χ0v) is 16.0. The largest absolute Gasteiger partial charge is 0.368 e. The van der Waals surface area contributed by atoms with Gasteiger partial charge in [-0.05, 0) is 38.8 Å². The number of thioether (sulfide) groups is 1. The van der Waals surface area contributed by atoms with E-state index in [9.17, 15) is 4.79 Å². The Balaban J connectivity index is 1.45. The van der Waals surface area contributed by atoms with Crippen LogP contribution in [0.15, 0.2) is 35.5 Å². The number of para-hydroxylation sites is 1. The maximum atomic E-state index is 12.5. The van der Waals surface area contributed by atoms with Crippen LogP contribution in [0.4, 0.5) is 11.6 Å². The topological polar surface area (TPSA) is 104 Å². The van der Waals surface area contributed by atoms with Crippen LogP contribution in [0.2, 0.25) is 0 Å². The maximum Gasteiger partial charge on any atom is 0.234 e. The fourth-order valence-electron chi connectivity index (χ4n) is 3.01. The number of anilines is 2. The molecule has 1 aromatic carbocycles. The number of nitrogens with two attached hydrogens (primary N) is 1. The molecule has 0 bridgehead atoms. The molecule has 140 valence electrons. The average Bonchev–Trinajstić information content (AvgIpc) is 3.38. The highest BCUT2D eigenvalue weighted by Gasteiger charge is 2.29. The Hall–Kier alpha value is -2.81. The number of carbonyl (C=O) groups excluding carboxylic acids is 1. The van der Waals surface area contributed by atoms with E-state index in [0.717, 1.165) is 35.6 Å². The van der Waals surface area contributed by atoms with Crippen molar-refractivity contribution in [1.29, 1.82) is 0 Å². The summed E-state index contributed by atoms with van der Waals surface area (Å²) in [6, 6.07) is 10.2. The lowest BCUT2D eigenvalue weighted by atomic mass is 10.3. The molecule has 27 heavy (non-hydrogen) atoms. The third-order valence-corrected chi connectivity index (χ3v) is 5.43. The number of aryl methyl sites for hydroxylation is 1. The minimum absolute atomic E-state index is 0.109. The van der Waals surface area contributed by atoms with Crippen LogP contribution in [0.3, 0.4) is 0 Å². The van der Waals surface area contributed by atoms with Crippen LogP contribution >= 0.6 is 11.8 Å². The molecule has 8 nitrogen and oxygen atoms in total. The molecule has 9 heteroatoms. The Kier molecular flexibility index (Phi) is 4.61. The molecule has 2 heterocycles. The van der Waals surface area contributed by atoms with Gasteiger partial charge in [0.25, 0.3) is 0 Å². The first kappa shape index (κ1) is 17.6. The van der Waals surface area contributed by atoms with Crippen molar-refractivity contribution in [3.63, 3.8) is 0 Å². The van der Waals surface area contributed by atoms with Crippen molar-refractivity contribution in [1.82, 2.24) is 24.5 Å². The third-order valence-electron chi connectivity index (χ3n) is 4.49. The summed E-state index contributed by atoms with van der Waals surface area (Å²) in [4.78, 5) is 12.5. The lowest BCUT2D eigenvalue weighted by Gasteiger charge is -2.08. The smallest absolute Gasteiger partial charge is 0.234 e. The van der Waals surface area contributed by atoms with Gasteiger partial charge < -0.3 is 11.1 Å². The molecule has 0 spiro atoms. The quantitative estimate of drug-likeness (QED) is 0.634. The van der Waals surface area contributed by atoms with Gasteiger partial charge in [-0.15, -0.1) is 10.2 Å². The molecule has 1 amide bonds. The lowest BCUT2D eigenvalue weighted by Crippen LogP contribution is -2.16. The van der Waals surface area contributed by atoms with E-state index in [1.54, 1.807) is 0 Å². The summed E-state index contributed by atoms with van der Waals surface area (Å²) in [6.07, 6.45) is 2.16. The van der Waals surface area contributed by atoms with E-state index < -0.39 is 0 Å². The number of nitrogen functional groups attached to an aromatic ring is 1. The predicted molar refractivity (Wildman–Crippen MR) is 105 cm³/mol. The third kappa shape index (κ3) is 3.55. The van der Waals surface area contributed by atoms with Crippen molar-refractivity contribution >= 4 is 29.3 Å². The molecule has 4 rings (SSSR count). The van der Waals surface area contributed by atoms with Crippen molar-refractivity contribution in [2.75, 3.05) is 16.8 Å². The van der Waals surface area contributed by atoms with Gasteiger partial charge in [-0.2, -0.15) is 5.10 Å². The van der Waals surface area contributed by atoms with Crippen molar-refractivity contribution in [3.05, 3.63) is 41.7 Å². The van der Waals surface area contributed by atoms with Crippen LogP contribution in [0, 0.1) is 13.8 Å². The first-order valence-electron chi connectivity index (χ1n) is 8.79. The number of nitrogens with zero attached hydrogens (tertiary/aromatic N) is 5. The summed E-state index contributed by atoms with van der Waals surface area (Å²) in [7, 11) is 0. The second kappa shape index (κ2) is 7.07. The Bertz CT molecular complexity index is 975. The van der Waals surface area contributed by atoms with Crippen LogP contribution in [-0.2, 0) is 4.79 Å². The monoisotopic (exact) mass is 383 g/mol. The normalized spacial score (nSPS) is 13.7. The molecule has 1 aliphatic rings. The second-order valence-electron chi connectivity index (χ2n) is 6.57. The highest BCUT2D eigenvalue weighted by Crippen LogP contribution is 2.39. The Morgan fingerprint density at radius 1 is 1.26 bits per heavy atom. The summed E-state index contributed by atoms with van der Waals surface area (Å²) in [6.45, 7) is 3.83. The molecular weight excluding hydrogens is 362 g/mol. The minimum atomic E-state index is -0.109. The maximum absolute atomic E-state index is 12.5. The van der Waals surface area contributed by atoms with Crippen molar-refractivity contribution < 1.29 is 4.79 Å². The number of nitrogens with one attached hydrogen (secondary N) is 1. The fraction of sp³-hybridized carbons (Fsp3) is 0.333. The summed E-state index contributed by atoms with van der Waals surface area (Å²) in [5.74, 6) is 0.541. The van der Waals surface area contributed by atoms with Crippen LogP contribution in [-0.4, -0.2) is 36.2 Å². The van der Waals surface area contributed by atoms with Crippen molar-refractivity contribution in [2.45, 2.75) is 37.9 Å². The molecule has 3 N–H and O–H groups in total. The SMILES string of the molecule is Cc1nn(-c2ccccc2)c(C)c1NC(=O)CSc1nnc(N)n1C1CC1. The number of amides is 1. The van der Waals surface area contributed by atoms with Crippen molar-refractivity contribution in [3.8, 4) is 5.69 Å². The number of carbonyl (C=O) groups is 1. The number of hydrogen-bond donors (Lipinski definition) is 2. The van der Waals surface area contributed by atoms with E-state index in [0.29, 0.717) is 17.1 Å². The van der Waals surface area contributed by atoms with Crippen molar-refractivity contribution in [2.24, 2.45) is 0 Å². The van der Waals surface area contributed by atoms with Gasteiger partial charge in [0.15, 0.2) is 5.16 Å². The lowest BCUT2D eigenvalue weighted by molar-refractivity contribution is -0.113. The second-order valence-corrected chi connectivity index (χ2v) is 7.51. The predicted octanol–water partition coefficient (Wildman–Crippen LogP) is 2.73. The van der Waals surface area contributed by atoms with Gasteiger partial charge in [0.1, 0.15) is 0 Å². The standard InChI is InChI=1S/C18H21N7OS/c1-11-16(12(2)25(23-11)14-6-4-3-5-7-14)20-15(26)10-27-18-22-21-17(19)24(18)13-8-9-13/h3-7,13H,8-10H2,1-2H3,(H2,19,21)(H,20,26). The van der Waals surface area contributed by atoms with Crippen LogP contribution in [0.5, 0.6) is 0 Å². The molecule has 0 saturated heterocycles. The number of aromatic nitrogens is 5. The molecule has 0 atom stereocenters. The van der Waals surface area contributed by atoms with Gasteiger partial charge in [0, 0.05) is 6.04 Å². The fourth-order valence-corrected chi connectivity index (χ4v) is 3.83. The van der Waals surface area contributed by atoms with E-state index in [1.807, 2.05) is 53.4 Å². The number of hydrogen-bond acceptors (Lipinski definition) is 6. The van der Waals surface area contributed by atoms with E-state index in [2.05, 4.69) is 20.6 Å². The first-order chi connectivity index (χ1) is 13.0. The summed E-state index contributed by atoms with van der Waals surface area (Å²) in [5.41, 5.74) is 9.25. The highest BCUT2D eigenvalue weighted by molar-refractivity contribution is 7.99. The molecule has 1 fully saturated rings. The minimum Gasteiger partial charge on any atom is -0.368 e. The highest BCUT2D eigenvalue weighted by atomic mass is 32.2. The Morgan fingerprint density at radius 2 is 2.00 bits per heavy atom. The zero-order valence-electron chi connectivity index (χ0n) is 15.2. The molecule has 1 aliphatic carbocycles. The molecular formula is C18H21N7OS. The summed E-state index contributed by atoms with van der Waals surface area (Å²) < 4.78 is 3.75. The van der Waals surface area contributed by atoms with Gasteiger partial charge in [0.05, 0.1) is 28.5 Å². The van der Waals surface area contributed by atoms with Crippen LogP contribution < -0.4 is 11.1 Å². The van der Waals surface area contributed by atoms with E-state index in [1.165, 1.54) is 11.8 Å². The van der Waals surface area contributed by atoms with Gasteiger partial charge in [-0.3, -0.25) is 9.36 Å². The summed E-state index contributed by atoms with van der Waals surface area (Å²) in [5, 5.41) is 16.2. The molecule has 3 aromatic rings. The van der Waals surface area contributed by atoms with Gasteiger partial charge in [-0.1, -0.05) is 30.0 Å². The Labute approximate surface area is 161 Å². The van der Waals surface area contributed by atoms with Crippen LogP contribution in [0.1, 0.15) is 30.3 Å². The molecule has 0 aliphatic heterocycles. The molecule has 2 aromatic heterocycles.